The van der Waals surface area contributed by atoms with Gasteiger partial charge in [0.25, 0.3) is 0 Å². The van der Waals surface area contributed by atoms with Crippen LogP contribution in [0.15, 0.2) is 29.4 Å². The first-order valence-electron chi connectivity index (χ1n) is 9.57. The number of nitrogens with one attached hydrogen (secondary N) is 1. The van der Waals surface area contributed by atoms with Crippen molar-refractivity contribution >= 4 is 11.6 Å². The molecule has 1 aromatic carbocycles. The molecule has 25 heavy (non-hydrogen) atoms. The van der Waals surface area contributed by atoms with Gasteiger partial charge in [-0.25, -0.2) is 5.43 Å². The highest BCUT2D eigenvalue weighted by molar-refractivity contribution is 6.07. The molecule has 3 aliphatic rings. The average Bonchev–Trinajstić information content (AvgIpc) is 2.99. The maximum absolute atomic E-state index is 11.7. The summed E-state index contributed by atoms with van der Waals surface area (Å²) in [6, 6.07) is 8.87. The van der Waals surface area contributed by atoms with Crippen LogP contribution in [0.5, 0.6) is 5.75 Å². The Labute approximate surface area is 149 Å². The van der Waals surface area contributed by atoms with Crippen molar-refractivity contribution in [2.24, 2.45) is 16.9 Å². The van der Waals surface area contributed by atoms with Gasteiger partial charge in [0.05, 0.1) is 12.3 Å². The van der Waals surface area contributed by atoms with Gasteiger partial charge >= 0.3 is 0 Å². The minimum Gasteiger partial charge on any atom is -0.494 e. The van der Waals surface area contributed by atoms with E-state index in [9.17, 15) is 4.79 Å². The van der Waals surface area contributed by atoms with Crippen LogP contribution in [-0.2, 0) is 4.79 Å². The fraction of sp³-hybridized carbons (Fsp3) is 0.600. The van der Waals surface area contributed by atoms with Crippen molar-refractivity contribution in [2.45, 2.75) is 45.1 Å². The number of hydrazone groups is 1. The number of hydrogen-bond acceptors (Lipinski definition) is 4. The number of carbonyl (C=O) groups is 1. The topological polar surface area (TPSA) is 53.9 Å². The summed E-state index contributed by atoms with van der Waals surface area (Å²) in [7, 11) is 0. The lowest BCUT2D eigenvalue weighted by Crippen LogP contribution is -2.47. The second-order valence-electron chi connectivity index (χ2n) is 7.52. The zero-order chi connectivity index (χ0) is 17.2. The molecule has 2 heterocycles. The molecule has 0 spiro atoms. The van der Waals surface area contributed by atoms with Gasteiger partial charge in [-0.15, -0.1) is 0 Å². The van der Waals surface area contributed by atoms with E-state index in [1.54, 1.807) is 0 Å². The number of amides is 1. The van der Waals surface area contributed by atoms with Gasteiger partial charge in [0, 0.05) is 24.4 Å². The molecule has 1 N–H and O–H groups in total. The Balaban J connectivity index is 1.28. The van der Waals surface area contributed by atoms with Gasteiger partial charge in [-0.3, -0.25) is 4.79 Å². The largest absolute Gasteiger partial charge is 0.494 e. The molecule has 3 atom stereocenters. The second-order valence-corrected chi connectivity index (χ2v) is 7.52. The van der Waals surface area contributed by atoms with E-state index in [0.717, 1.165) is 55.5 Å². The highest BCUT2D eigenvalue weighted by Gasteiger charge is 2.42. The molecule has 2 fully saturated rings. The van der Waals surface area contributed by atoms with Gasteiger partial charge < -0.3 is 9.64 Å². The summed E-state index contributed by atoms with van der Waals surface area (Å²) in [6.45, 7) is 5.43. The predicted molar refractivity (Wildman–Crippen MR) is 97.7 cm³/mol. The Morgan fingerprint density at radius 3 is 2.68 bits per heavy atom. The third-order valence-electron chi connectivity index (χ3n) is 5.95. The van der Waals surface area contributed by atoms with E-state index >= 15 is 0 Å². The van der Waals surface area contributed by atoms with Crippen LogP contribution in [0.3, 0.4) is 0 Å². The first-order valence-corrected chi connectivity index (χ1v) is 9.57. The van der Waals surface area contributed by atoms with Gasteiger partial charge in [0.2, 0.25) is 5.91 Å². The van der Waals surface area contributed by atoms with Crippen molar-refractivity contribution in [3.8, 4) is 5.75 Å². The smallest absolute Gasteiger partial charge is 0.243 e. The van der Waals surface area contributed by atoms with E-state index in [1.165, 1.54) is 19.4 Å². The van der Waals surface area contributed by atoms with E-state index < -0.39 is 0 Å². The van der Waals surface area contributed by atoms with Crippen LogP contribution in [0.2, 0.25) is 0 Å². The van der Waals surface area contributed by atoms with Gasteiger partial charge in [-0.1, -0.05) is 0 Å². The van der Waals surface area contributed by atoms with Crippen LogP contribution >= 0.6 is 0 Å². The molecule has 5 nitrogen and oxygen atoms in total. The van der Waals surface area contributed by atoms with Crippen LogP contribution in [-0.4, -0.2) is 42.3 Å². The number of hydrogen-bond donors (Lipinski definition) is 1. The number of likely N-dealkylation sites (tertiary alicyclic amines) is 1. The normalized spacial score (nSPS) is 28.8. The Morgan fingerprint density at radius 2 is 2.00 bits per heavy atom. The maximum Gasteiger partial charge on any atom is 0.243 e. The monoisotopic (exact) mass is 341 g/mol. The lowest BCUT2D eigenvalue weighted by atomic mass is 9.68. The Kier molecular flexibility index (Phi) is 4.75. The standard InChI is InChI=1S/C20H27N3O2/c1-14-4-2-11-23(14)12-3-13-25-16-7-5-15(6-8-16)19-17-9-10-18(17)20(24)22-21-19/h5-8,14,17-18H,2-4,9-13H2,1H3,(H,22,24)/t14-,17?,18?/m1/s1. The van der Waals surface area contributed by atoms with Crippen molar-refractivity contribution in [3.05, 3.63) is 29.8 Å². The molecule has 1 aliphatic carbocycles. The molecule has 1 amide bonds. The summed E-state index contributed by atoms with van der Waals surface area (Å²) in [6.07, 6.45) is 5.76. The number of nitrogens with zero attached hydrogens (tertiary/aromatic N) is 2. The average molecular weight is 341 g/mol. The minimum atomic E-state index is 0.0762. The quantitative estimate of drug-likeness (QED) is 0.810. The van der Waals surface area contributed by atoms with E-state index in [4.69, 9.17) is 4.74 Å². The lowest BCUT2D eigenvalue weighted by molar-refractivity contribution is -0.129. The molecule has 1 aromatic rings. The molecule has 2 unspecified atom stereocenters. The molecular weight excluding hydrogens is 314 g/mol. The third kappa shape index (κ3) is 3.43. The zero-order valence-electron chi connectivity index (χ0n) is 14.9. The summed E-state index contributed by atoms with van der Waals surface area (Å²) < 4.78 is 5.89. The third-order valence-corrected chi connectivity index (χ3v) is 5.95. The summed E-state index contributed by atoms with van der Waals surface area (Å²) in [5.41, 5.74) is 4.77. The number of fused-ring (bicyclic) bond motifs is 1. The molecule has 0 radical (unpaired) electrons. The molecular formula is C20H27N3O2. The summed E-state index contributed by atoms with van der Waals surface area (Å²) in [4.78, 5) is 14.3. The molecule has 5 heteroatoms. The summed E-state index contributed by atoms with van der Waals surface area (Å²) in [5, 5.41) is 4.29. The fourth-order valence-electron chi connectivity index (χ4n) is 4.21. The second kappa shape index (κ2) is 7.16. The lowest BCUT2D eigenvalue weighted by Gasteiger charge is -2.38. The van der Waals surface area contributed by atoms with Crippen molar-refractivity contribution in [3.63, 3.8) is 0 Å². The SMILES string of the molecule is C[C@@H]1CCCN1CCCOc1ccc(C2=NNC(=O)C3CCC23)cc1. The molecule has 134 valence electrons. The van der Waals surface area contributed by atoms with Crippen molar-refractivity contribution in [1.29, 1.82) is 0 Å². The molecule has 1 saturated heterocycles. The molecule has 0 bridgehead atoms. The molecule has 0 aromatic heterocycles. The first kappa shape index (κ1) is 16.6. The number of rotatable bonds is 6. The highest BCUT2D eigenvalue weighted by Crippen LogP contribution is 2.39. The van der Waals surface area contributed by atoms with Crippen LogP contribution in [0.4, 0.5) is 0 Å². The predicted octanol–water partition coefficient (Wildman–Crippen LogP) is 2.80. The Bertz CT molecular complexity index is 655. The maximum atomic E-state index is 11.7. The minimum absolute atomic E-state index is 0.0762. The van der Waals surface area contributed by atoms with Crippen LogP contribution in [0, 0.1) is 11.8 Å². The van der Waals surface area contributed by atoms with E-state index in [-0.39, 0.29) is 11.8 Å². The van der Waals surface area contributed by atoms with E-state index in [0.29, 0.717) is 5.92 Å². The fourth-order valence-corrected chi connectivity index (χ4v) is 4.21. The van der Waals surface area contributed by atoms with Gasteiger partial charge in [0.1, 0.15) is 5.75 Å². The van der Waals surface area contributed by atoms with Gasteiger partial charge in [-0.05, 0) is 75.4 Å². The molecule has 4 rings (SSSR count). The van der Waals surface area contributed by atoms with E-state index in [2.05, 4.69) is 34.5 Å². The Morgan fingerprint density at radius 1 is 1.20 bits per heavy atom. The summed E-state index contributed by atoms with van der Waals surface area (Å²) >= 11 is 0. The van der Waals surface area contributed by atoms with E-state index in [1.807, 2.05) is 12.1 Å². The first-order chi connectivity index (χ1) is 12.2. The molecule has 2 aliphatic heterocycles. The van der Waals surface area contributed by atoms with Crippen molar-refractivity contribution in [2.75, 3.05) is 19.7 Å². The number of benzene rings is 1. The van der Waals surface area contributed by atoms with Crippen molar-refractivity contribution in [1.82, 2.24) is 10.3 Å². The Hall–Kier alpha value is -1.88. The van der Waals surface area contributed by atoms with Crippen LogP contribution in [0.25, 0.3) is 0 Å². The highest BCUT2D eigenvalue weighted by atomic mass is 16.5. The summed E-state index contributed by atoms with van der Waals surface area (Å²) in [5.74, 6) is 1.40. The molecule has 1 saturated carbocycles. The zero-order valence-corrected chi connectivity index (χ0v) is 14.9. The van der Waals surface area contributed by atoms with Gasteiger partial charge in [-0.2, -0.15) is 5.10 Å². The van der Waals surface area contributed by atoms with Crippen molar-refractivity contribution < 1.29 is 9.53 Å². The van der Waals surface area contributed by atoms with Crippen LogP contribution in [0.1, 0.15) is 44.6 Å². The van der Waals surface area contributed by atoms with Crippen LogP contribution < -0.4 is 10.2 Å². The number of carbonyl (C=O) groups excluding carboxylic acids is 1. The van der Waals surface area contributed by atoms with Gasteiger partial charge in [0.15, 0.2) is 0 Å². The number of ether oxygens (including phenoxy) is 1.